The molecule has 3 aliphatic rings. The number of nitrogens with zero attached hydrogens (tertiary/aromatic N) is 10. The van der Waals surface area contributed by atoms with Crippen LogP contribution in [0.3, 0.4) is 0 Å². The van der Waals surface area contributed by atoms with Crippen LogP contribution in [0.4, 0.5) is 0 Å². The van der Waals surface area contributed by atoms with E-state index in [0.29, 0.717) is 131 Å². The lowest BCUT2D eigenvalue weighted by atomic mass is 10.1. The highest BCUT2D eigenvalue weighted by atomic mass is 16.5. The average Bonchev–Trinajstić information content (AvgIpc) is 3.24. The Morgan fingerprint density at radius 1 is 0.422 bits per heavy atom. The van der Waals surface area contributed by atoms with Crippen molar-refractivity contribution in [1.82, 2.24) is 49.0 Å². The molecule has 0 amide bonds. The van der Waals surface area contributed by atoms with Gasteiger partial charge in [-0.25, -0.2) is 0 Å². The third-order valence-corrected chi connectivity index (χ3v) is 11.6. The topological polar surface area (TPSA) is 264 Å². The number of piperidine rings is 1. The minimum Gasteiger partial charge on any atom is -0.480 e. The Morgan fingerprint density at radius 2 is 0.703 bits per heavy atom. The van der Waals surface area contributed by atoms with Crippen LogP contribution < -0.4 is 0 Å². The Kier molecular flexibility index (Phi) is 27.4. The number of carbonyl (C=O) groups excluding carboxylic acids is 3. The molecule has 2 atom stereocenters. The van der Waals surface area contributed by atoms with Crippen LogP contribution in [0.1, 0.15) is 19.3 Å². The molecule has 5 N–H and O–H groups in total. The van der Waals surface area contributed by atoms with Crippen LogP contribution >= 0.6 is 0 Å². The second kappa shape index (κ2) is 32.1. The van der Waals surface area contributed by atoms with E-state index in [0.717, 1.165) is 32.4 Å². The number of carboxylic acids is 3. The van der Waals surface area contributed by atoms with E-state index in [1.165, 1.54) is 0 Å². The van der Waals surface area contributed by atoms with Crippen LogP contribution in [0.15, 0.2) is 0 Å². The molecule has 3 rings (SSSR count). The van der Waals surface area contributed by atoms with Gasteiger partial charge in [-0.15, -0.1) is 0 Å². The Labute approximate surface area is 376 Å². The van der Waals surface area contributed by atoms with Crippen molar-refractivity contribution in [2.45, 2.75) is 31.5 Å². The van der Waals surface area contributed by atoms with E-state index in [1.807, 2.05) is 24.5 Å². The van der Waals surface area contributed by atoms with Gasteiger partial charge in [0, 0.05) is 131 Å². The summed E-state index contributed by atoms with van der Waals surface area (Å²) in [5.41, 5.74) is 0. The van der Waals surface area contributed by atoms with Gasteiger partial charge < -0.3 is 39.7 Å². The van der Waals surface area contributed by atoms with Gasteiger partial charge in [-0.05, 0) is 25.9 Å². The van der Waals surface area contributed by atoms with E-state index in [4.69, 9.17) is 14.2 Å². The van der Waals surface area contributed by atoms with E-state index in [2.05, 4.69) is 14.7 Å². The number of aliphatic carboxylic acids is 3. The van der Waals surface area contributed by atoms with Crippen LogP contribution in [0.25, 0.3) is 0 Å². The molecule has 0 aromatic heterocycles. The van der Waals surface area contributed by atoms with Crippen LogP contribution in [0, 0.1) is 0 Å². The number of hydrogen-bond acceptors (Lipinski definition) is 21. The van der Waals surface area contributed by atoms with Gasteiger partial charge in [0.2, 0.25) is 0 Å². The number of likely N-dealkylation sites (tertiary alicyclic amines) is 1. The Balaban J connectivity index is 1.75. The number of β-amino-alcohol motifs (C(OH)–C–C–N with tert-alkyl or cyclic N) is 2. The van der Waals surface area contributed by atoms with E-state index in [-0.39, 0.29) is 66.0 Å². The minimum absolute atomic E-state index is 0.00309. The fourth-order valence-electron chi connectivity index (χ4n) is 8.25. The maximum absolute atomic E-state index is 11.8. The summed E-state index contributed by atoms with van der Waals surface area (Å²) in [7, 11) is 0. The van der Waals surface area contributed by atoms with Gasteiger partial charge in [0.25, 0.3) is 19.4 Å². The molecule has 3 fully saturated rings. The molecular weight excluding hydrogens is 844 g/mol. The molecule has 0 saturated carbocycles. The lowest BCUT2D eigenvalue weighted by Crippen LogP contribution is -2.52. The summed E-state index contributed by atoms with van der Waals surface area (Å²) < 4.78 is 15.2. The highest BCUT2D eigenvalue weighted by Gasteiger charge is 2.26. The number of rotatable bonds is 25. The molecule has 2 unspecified atom stereocenters. The molecule has 0 aromatic carbocycles. The van der Waals surface area contributed by atoms with Gasteiger partial charge >= 0.3 is 17.9 Å². The molecule has 64 heavy (non-hydrogen) atoms. The number of aliphatic hydroxyl groups excluding tert-OH is 2. The Morgan fingerprint density at radius 3 is 0.984 bits per heavy atom. The standard InChI is InChI=1S/C40H74N10O14/c51-33-62-30-47-16-12-41(6-8-43(26-38(56)57)10-11-45(14-18-47)28-40(60)61)22-36(54)24-50(29-46-4-2-1-3-5-46)25-37(55)23-42-7-9-44(27-39(58)59)15-19-49(32-64-35-53)21-20-48(17-13-42)31-63-34-52/h33-37,54-55H,1-32H2,(H,56,57)(H,58,59)(H,60,61). The second-order valence-corrected chi connectivity index (χ2v) is 16.8. The summed E-state index contributed by atoms with van der Waals surface area (Å²) in [6.45, 7) is 10.4. The molecule has 0 bridgehead atoms. The van der Waals surface area contributed by atoms with Crippen molar-refractivity contribution in [3.63, 3.8) is 0 Å². The number of hydrogen-bond donors (Lipinski definition) is 5. The summed E-state index contributed by atoms with van der Waals surface area (Å²) in [5.74, 6) is -2.98. The predicted molar refractivity (Wildman–Crippen MR) is 230 cm³/mol. The average molecular weight is 919 g/mol. The quantitative estimate of drug-likeness (QED) is 0.0427. The zero-order valence-electron chi connectivity index (χ0n) is 37.4. The first-order valence-electron chi connectivity index (χ1n) is 22.3. The molecule has 0 spiro atoms. The lowest BCUT2D eigenvalue weighted by Gasteiger charge is -2.37. The first kappa shape index (κ1) is 54.7. The minimum atomic E-state index is -1.00. The van der Waals surface area contributed by atoms with E-state index >= 15 is 0 Å². The summed E-state index contributed by atoms with van der Waals surface area (Å²) in [4.78, 5) is 87.8. The summed E-state index contributed by atoms with van der Waals surface area (Å²) in [6, 6.07) is 0. The fourth-order valence-corrected chi connectivity index (χ4v) is 8.25. The van der Waals surface area contributed by atoms with Crippen LogP contribution in [0.5, 0.6) is 0 Å². The number of carboxylic acid groups (broad SMARTS) is 3. The van der Waals surface area contributed by atoms with Crippen molar-refractivity contribution in [2.75, 3.05) is 190 Å². The zero-order valence-corrected chi connectivity index (χ0v) is 37.4. The van der Waals surface area contributed by atoms with Gasteiger partial charge in [-0.2, -0.15) is 0 Å². The third-order valence-electron chi connectivity index (χ3n) is 11.6. The third kappa shape index (κ3) is 24.6. The van der Waals surface area contributed by atoms with Gasteiger partial charge in [0.05, 0.1) is 38.5 Å². The monoisotopic (exact) mass is 919 g/mol. The molecule has 24 nitrogen and oxygen atoms in total. The maximum atomic E-state index is 11.8. The fraction of sp³-hybridized carbons (Fsp3) is 0.850. The molecule has 0 radical (unpaired) electrons. The van der Waals surface area contributed by atoms with Gasteiger partial charge in [0.1, 0.15) is 20.2 Å². The lowest BCUT2D eigenvalue weighted by molar-refractivity contribution is -0.140. The first-order valence-corrected chi connectivity index (χ1v) is 22.3. The summed E-state index contributed by atoms with van der Waals surface area (Å²) in [5, 5.41) is 52.3. The Bertz CT molecular complexity index is 1360. The summed E-state index contributed by atoms with van der Waals surface area (Å²) >= 11 is 0. The van der Waals surface area contributed by atoms with Crippen LogP contribution in [-0.4, -0.2) is 315 Å². The molecule has 368 valence electrons. The van der Waals surface area contributed by atoms with E-state index in [9.17, 15) is 54.3 Å². The maximum Gasteiger partial charge on any atom is 0.317 e. The predicted octanol–water partition coefficient (Wildman–Crippen LogP) is -4.46. The van der Waals surface area contributed by atoms with E-state index < -0.39 is 30.1 Å². The molecule has 3 heterocycles. The largest absolute Gasteiger partial charge is 0.480 e. The highest BCUT2D eigenvalue weighted by molar-refractivity contribution is 5.69. The highest BCUT2D eigenvalue weighted by Crippen LogP contribution is 2.12. The van der Waals surface area contributed by atoms with Crippen molar-refractivity contribution in [1.29, 1.82) is 0 Å². The SMILES string of the molecule is O=COCN1CCN(COC=O)CCN(CC(O)CN(CC(O)CN2CCN(COC=O)CCN(CC(=O)O)CCN(CC(=O)O)CC2)CN2CCCCC2)CCN(CC(=O)O)CC1. The van der Waals surface area contributed by atoms with Crippen molar-refractivity contribution in [3.8, 4) is 0 Å². The van der Waals surface area contributed by atoms with Gasteiger partial charge in [-0.3, -0.25) is 77.8 Å². The first-order chi connectivity index (χ1) is 30.8. The summed E-state index contributed by atoms with van der Waals surface area (Å²) in [6.07, 6.45) is 1.51. The van der Waals surface area contributed by atoms with Gasteiger partial charge in [-0.1, -0.05) is 6.42 Å². The molecule has 3 saturated heterocycles. The van der Waals surface area contributed by atoms with Crippen molar-refractivity contribution in [3.05, 3.63) is 0 Å². The number of carbonyl (C=O) groups is 6. The molecule has 0 aliphatic carbocycles. The van der Waals surface area contributed by atoms with Crippen LogP contribution in [-0.2, 0) is 43.0 Å². The zero-order chi connectivity index (χ0) is 46.5. The molecule has 24 heteroatoms. The van der Waals surface area contributed by atoms with Gasteiger partial charge in [0.15, 0.2) is 0 Å². The number of ether oxygens (including phenoxy) is 3. The molecule has 0 aromatic rings. The second-order valence-electron chi connectivity index (χ2n) is 16.8. The van der Waals surface area contributed by atoms with Crippen molar-refractivity contribution >= 4 is 37.3 Å². The normalized spacial score (nSPS) is 21.6. The smallest absolute Gasteiger partial charge is 0.317 e. The van der Waals surface area contributed by atoms with E-state index in [1.54, 1.807) is 9.80 Å². The van der Waals surface area contributed by atoms with Crippen molar-refractivity contribution in [2.24, 2.45) is 0 Å². The van der Waals surface area contributed by atoms with Crippen molar-refractivity contribution < 1.29 is 68.5 Å². The van der Waals surface area contributed by atoms with Crippen LogP contribution in [0.2, 0.25) is 0 Å². The number of aliphatic hydroxyl groups is 2. The molecular formula is C40H74N10O14. The molecule has 3 aliphatic heterocycles. The Hall–Kier alpha value is -3.66.